The number of ether oxygens (including phenoxy) is 2. The van der Waals surface area contributed by atoms with Crippen molar-refractivity contribution in [1.82, 2.24) is 15.5 Å². The fraction of sp³-hybridized carbons (Fsp3) is 0.606. The molecule has 260 valence electrons. The number of thioether (sulfide) groups is 1. The SMILES string of the molecule is CC(=O)CCNC(=O)CCc1ccc(NC(=O)CCOCCOCCNC(=O)CCN2C(=O)CC(SCCC(=O)C(C)C)C2=O)cc1. The van der Waals surface area contributed by atoms with Crippen molar-refractivity contribution in [3.8, 4) is 0 Å². The largest absolute Gasteiger partial charge is 0.379 e. The molecule has 1 heterocycles. The molecule has 1 aromatic rings. The molecule has 1 saturated heterocycles. The second-order valence-corrected chi connectivity index (χ2v) is 12.8. The van der Waals surface area contributed by atoms with Crippen molar-refractivity contribution in [3.63, 3.8) is 0 Å². The van der Waals surface area contributed by atoms with Crippen LogP contribution < -0.4 is 16.0 Å². The van der Waals surface area contributed by atoms with Gasteiger partial charge in [0.05, 0.1) is 38.1 Å². The summed E-state index contributed by atoms with van der Waals surface area (Å²) in [5.41, 5.74) is 1.60. The van der Waals surface area contributed by atoms with Gasteiger partial charge in [-0.3, -0.25) is 38.5 Å². The molecule has 0 saturated carbocycles. The van der Waals surface area contributed by atoms with Crippen molar-refractivity contribution in [2.75, 3.05) is 57.1 Å². The maximum atomic E-state index is 12.5. The lowest BCUT2D eigenvalue weighted by Gasteiger charge is -2.15. The van der Waals surface area contributed by atoms with E-state index in [1.807, 2.05) is 26.0 Å². The third-order valence-corrected chi connectivity index (χ3v) is 8.38. The van der Waals surface area contributed by atoms with Gasteiger partial charge in [0.25, 0.3) is 0 Å². The van der Waals surface area contributed by atoms with Crippen molar-refractivity contribution in [2.24, 2.45) is 5.92 Å². The van der Waals surface area contributed by atoms with Gasteiger partial charge < -0.3 is 25.4 Å². The van der Waals surface area contributed by atoms with Crippen LogP contribution in [0.2, 0.25) is 0 Å². The van der Waals surface area contributed by atoms with Gasteiger partial charge in [-0.1, -0.05) is 26.0 Å². The van der Waals surface area contributed by atoms with Gasteiger partial charge >= 0.3 is 0 Å². The Hall–Kier alpha value is -3.62. The summed E-state index contributed by atoms with van der Waals surface area (Å²) in [4.78, 5) is 84.8. The number of nitrogens with zero attached hydrogens (tertiary/aromatic N) is 1. The van der Waals surface area contributed by atoms with Gasteiger partial charge in [-0.25, -0.2) is 0 Å². The fourth-order valence-electron chi connectivity index (χ4n) is 4.36. The lowest BCUT2D eigenvalue weighted by atomic mass is 10.1. The predicted octanol–water partition coefficient (Wildman–Crippen LogP) is 2.06. The van der Waals surface area contributed by atoms with Crippen LogP contribution >= 0.6 is 11.8 Å². The van der Waals surface area contributed by atoms with Crippen LogP contribution in [0.5, 0.6) is 0 Å². The number of amides is 5. The molecule has 1 aromatic carbocycles. The van der Waals surface area contributed by atoms with Gasteiger partial charge in [0.2, 0.25) is 29.5 Å². The van der Waals surface area contributed by atoms with Crippen LogP contribution in [-0.4, -0.2) is 103 Å². The van der Waals surface area contributed by atoms with Gasteiger partial charge in [-0.15, -0.1) is 11.8 Å². The van der Waals surface area contributed by atoms with E-state index < -0.39 is 5.25 Å². The van der Waals surface area contributed by atoms with Crippen molar-refractivity contribution in [1.29, 1.82) is 0 Å². The summed E-state index contributed by atoms with van der Waals surface area (Å²) in [5.74, 6) is -0.621. The highest BCUT2D eigenvalue weighted by molar-refractivity contribution is 8.00. The van der Waals surface area contributed by atoms with Crippen LogP contribution in [0.1, 0.15) is 64.9 Å². The summed E-state index contributed by atoms with van der Waals surface area (Å²) in [5, 5.41) is 7.70. The third kappa shape index (κ3) is 16.7. The van der Waals surface area contributed by atoms with E-state index in [-0.39, 0.29) is 106 Å². The Balaban J connectivity index is 1.47. The van der Waals surface area contributed by atoms with Crippen LogP contribution in [-0.2, 0) is 49.5 Å². The third-order valence-electron chi connectivity index (χ3n) is 7.17. The molecule has 1 aliphatic rings. The van der Waals surface area contributed by atoms with E-state index in [2.05, 4.69) is 16.0 Å². The van der Waals surface area contributed by atoms with E-state index in [0.29, 0.717) is 43.7 Å². The first-order valence-corrected chi connectivity index (χ1v) is 17.1. The molecule has 1 unspecified atom stereocenters. The van der Waals surface area contributed by atoms with E-state index in [9.17, 15) is 33.6 Å². The molecule has 1 aliphatic heterocycles. The zero-order chi connectivity index (χ0) is 34.6. The highest BCUT2D eigenvalue weighted by Gasteiger charge is 2.38. The van der Waals surface area contributed by atoms with Crippen molar-refractivity contribution in [3.05, 3.63) is 29.8 Å². The number of hydrogen-bond donors (Lipinski definition) is 3. The average Bonchev–Trinajstić information content (AvgIpc) is 3.29. The summed E-state index contributed by atoms with van der Waals surface area (Å²) in [6.07, 6.45) is 1.81. The molecule has 0 spiro atoms. The summed E-state index contributed by atoms with van der Waals surface area (Å²) in [6, 6.07) is 7.24. The number of carbonyl (C=O) groups is 7. The van der Waals surface area contributed by atoms with Gasteiger partial charge in [-0.05, 0) is 31.0 Å². The summed E-state index contributed by atoms with van der Waals surface area (Å²) in [7, 11) is 0. The van der Waals surface area contributed by atoms with Crippen molar-refractivity contribution in [2.45, 2.75) is 71.0 Å². The predicted molar refractivity (Wildman–Crippen MR) is 178 cm³/mol. The summed E-state index contributed by atoms with van der Waals surface area (Å²) in [6.45, 7) is 6.80. The molecule has 5 amide bonds. The Kier molecular flexibility index (Phi) is 18.6. The molecule has 0 bridgehead atoms. The monoisotopic (exact) mass is 676 g/mol. The van der Waals surface area contributed by atoms with Crippen molar-refractivity contribution >= 4 is 58.6 Å². The molecule has 2 rings (SSSR count). The molecule has 0 radical (unpaired) electrons. The zero-order valence-corrected chi connectivity index (χ0v) is 28.4. The minimum absolute atomic E-state index is 0.00121. The number of Topliss-reactive ketones (excluding diaryl/α,β-unsaturated/α-hetero) is 2. The Morgan fingerprint density at radius 2 is 1.49 bits per heavy atom. The molecule has 0 aromatic heterocycles. The molecular formula is C33H48N4O9S. The number of hydrogen-bond acceptors (Lipinski definition) is 10. The Bertz CT molecular complexity index is 1220. The number of aryl methyl sites for hydroxylation is 1. The van der Waals surface area contributed by atoms with Crippen LogP contribution in [0.25, 0.3) is 0 Å². The Labute approximate surface area is 280 Å². The quantitative estimate of drug-likeness (QED) is 0.109. The second-order valence-electron chi connectivity index (χ2n) is 11.4. The first kappa shape index (κ1) is 39.6. The maximum Gasteiger partial charge on any atom is 0.242 e. The topological polar surface area (TPSA) is 177 Å². The van der Waals surface area contributed by atoms with Crippen LogP contribution in [0, 0.1) is 5.92 Å². The molecule has 1 atom stereocenters. The van der Waals surface area contributed by atoms with Crippen LogP contribution in [0.3, 0.4) is 0 Å². The van der Waals surface area contributed by atoms with Gasteiger partial charge in [0, 0.05) is 69.1 Å². The lowest BCUT2D eigenvalue weighted by Crippen LogP contribution is -2.36. The molecular weight excluding hydrogens is 628 g/mol. The normalized spacial score (nSPS) is 14.4. The summed E-state index contributed by atoms with van der Waals surface area (Å²) >= 11 is 1.32. The van der Waals surface area contributed by atoms with Crippen molar-refractivity contribution < 1.29 is 43.0 Å². The first-order valence-electron chi connectivity index (χ1n) is 16.0. The number of likely N-dealkylation sites (tertiary alicyclic amines) is 1. The van der Waals surface area contributed by atoms with E-state index in [1.54, 1.807) is 12.1 Å². The molecule has 13 nitrogen and oxygen atoms in total. The van der Waals surface area contributed by atoms with E-state index in [0.717, 1.165) is 10.5 Å². The fourth-order valence-corrected chi connectivity index (χ4v) is 5.50. The molecule has 3 N–H and O–H groups in total. The second kappa shape index (κ2) is 22.0. The van der Waals surface area contributed by atoms with Gasteiger partial charge in [0.15, 0.2) is 0 Å². The minimum atomic E-state index is -0.502. The summed E-state index contributed by atoms with van der Waals surface area (Å²) < 4.78 is 10.9. The smallest absolute Gasteiger partial charge is 0.242 e. The number of rotatable bonds is 24. The lowest BCUT2D eigenvalue weighted by molar-refractivity contribution is -0.138. The van der Waals surface area contributed by atoms with E-state index in [1.165, 1.54) is 18.7 Å². The number of nitrogens with one attached hydrogen (secondary N) is 3. The Morgan fingerprint density at radius 1 is 0.830 bits per heavy atom. The van der Waals surface area contributed by atoms with Gasteiger partial charge in [-0.2, -0.15) is 0 Å². The number of imide groups is 1. The Morgan fingerprint density at radius 3 is 2.17 bits per heavy atom. The zero-order valence-electron chi connectivity index (χ0n) is 27.6. The maximum absolute atomic E-state index is 12.5. The number of carbonyl (C=O) groups excluding carboxylic acids is 7. The highest BCUT2D eigenvalue weighted by atomic mass is 32.2. The molecule has 0 aliphatic carbocycles. The number of benzene rings is 1. The van der Waals surface area contributed by atoms with Crippen LogP contribution in [0.15, 0.2) is 24.3 Å². The highest BCUT2D eigenvalue weighted by Crippen LogP contribution is 2.26. The average molecular weight is 677 g/mol. The number of anilines is 1. The molecule has 47 heavy (non-hydrogen) atoms. The first-order chi connectivity index (χ1) is 22.5. The molecule has 1 fully saturated rings. The number of ketones is 2. The van der Waals surface area contributed by atoms with E-state index >= 15 is 0 Å². The standard InChI is InChI=1S/C33H48N4O9S/c1-23(2)27(39)13-21-47-28-22-32(43)37(33(28)44)16-11-30(41)35-15-18-46-20-19-45-17-12-31(42)36-26-7-4-25(5-8-26)6-9-29(40)34-14-10-24(3)38/h4-5,7-8,23,28H,6,9-22H2,1-3H3,(H,34,40)(H,35,41)(H,36,42). The minimum Gasteiger partial charge on any atom is -0.379 e. The van der Waals surface area contributed by atoms with E-state index in [4.69, 9.17) is 9.47 Å². The van der Waals surface area contributed by atoms with Gasteiger partial charge in [0.1, 0.15) is 11.6 Å². The molecule has 14 heteroatoms. The van der Waals surface area contributed by atoms with Crippen LogP contribution in [0.4, 0.5) is 5.69 Å².